The van der Waals surface area contributed by atoms with Gasteiger partial charge in [0.15, 0.2) is 0 Å². The van der Waals surface area contributed by atoms with Crippen molar-refractivity contribution in [3.63, 3.8) is 0 Å². The Balaban J connectivity index is 0.000000260. The summed E-state index contributed by atoms with van der Waals surface area (Å²) in [5.41, 5.74) is 0. The van der Waals surface area contributed by atoms with Crippen molar-refractivity contribution in [2.45, 2.75) is 88.6 Å². The fraction of sp³-hybridized carbons (Fsp3) is 0.889. The van der Waals surface area contributed by atoms with Crippen molar-refractivity contribution in [1.82, 2.24) is 0 Å². The van der Waals surface area contributed by atoms with Crippen LogP contribution in [0.25, 0.3) is 0 Å². The van der Waals surface area contributed by atoms with Gasteiger partial charge in [0.2, 0.25) is 0 Å². The normalized spacial score (nSPS) is 27.8. The second-order valence-electron chi connectivity index (χ2n) is 6.90. The summed E-state index contributed by atoms with van der Waals surface area (Å²) in [6.07, 6.45) is 9.87. The Labute approximate surface area is 171 Å². The molecule has 26 heavy (non-hydrogen) atoms. The van der Waals surface area contributed by atoms with Gasteiger partial charge in [-0.25, -0.2) is 0 Å². The first-order valence-corrected chi connectivity index (χ1v) is 14.9. The molecule has 0 saturated carbocycles. The molecular formula is C18H32O4S4. The van der Waals surface area contributed by atoms with Gasteiger partial charge < -0.3 is 18.7 Å². The van der Waals surface area contributed by atoms with E-state index < -0.39 is 20.4 Å². The Morgan fingerprint density at radius 3 is 2.04 bits per heavy atom. The third-order valence-corrected chi connectivity index (χ3v) is 11.5. The predicted molar refractivity (Wildman–Crippen MR) is 116 cm³/mol. The molecule has 2 aliphatic rings. The zero-order valence-electron chi connectivity index (χ0n) is 15.9. The molecular weight excluding hydrogens is 408 g/mol. The van der Waals surface area contributed by atoms with Crippen LogP contribution in [0.4, 0.5) is 0 Å². The molecule has 0 radical (unpaired) electrons. The van der Waals surface area contributed by atoms with Crippen molar-refractivity contribution >= 4 is 53.6 Å². The van der Waals surface area contributed by atoms with Crippen LogP contribution in [0.15, 0.2) is 0 Å². The summed E-state index contributed by atoms with van der Waals surface area (Å²) in [5, 5.41) is 0.991. The van der Waals surface area contributed by atoms with E-state index in [4.69, 9.17) is 0 Å². The lowest BCUT2D eigenvalue weighted by Gasteiger charge is -2.10. The third-order valence-electron chi connectivity index (χ3n) is 4.37. The number of carbonyl (C=O) groups excluding carboxylic acids is 2. The Bertz CT molecular complexity index is 422. The summed E-state index contributed by atoms with van der Waals surface area (Å²) in [4.78, 5) is 21.3. The van der Waals surface area contributed by atoms with E-state index in [1.165, 1.54) is 0 Å². The van der Waals surface area contributed by atoms with Gasteiger partial charge in [0, 0.05) is 51.9 Å². The Morgan fingerprint density at radius 2 is 1.58 bits per heavy atom. The Hall–Kier alpha value is 0.660. The second-order valence-corrected chi connectivity index (χ2v) is 14.0. The van der Waals surface area contributed by atoms with Crippen LogP contribution in [0.2, 0.25) is 0 Å². The maximum absolute atomic E-state index is 11.3. The van der Waals surface area contributed by atoms with Crippen molar-refractivity contribution in [1.29, 1.82) is 0 Å². The molecule has 0 aromatic rings. The SMILES string of the molecule is CC(=O)CCCCC1CCS[S+]1[O-].CC(=O)CCCCC1CC[S+]([O-])S1. The third kappa shape index (κ3) is 12.2. The van der Waals surface area contributed by atoms with Gasteiger partial charge in [-0.3, -0.25) is 0 Å². The molecule has 0 spiro atoms. The topological polar surface area (TPSA) is 80.3 Å². The molecule has 152 valence electrons. The number of unbranched alkanes of at least 4 members (excludes halogenated alkanes) is 2. The van der Waals surface area contributed by atoms with Crippen LogP contribution in [-0.2, 0) is 30.0 Å². The molecule has 0 bridgehead atoms. The zero-order valence-corrected chi connectivity index (χ0v) is 19.2. The van der Waals surface area contributed by atoms with Crippen LogP contribution < -0.4 is 0 Å². The minimum absolute atomic E-state index is 0.266. The van der Waals surface area contributed by atoms with Crippen molar-refractivity contribution < 1.29 is 18.7 Å². The molecule has 8 heteroatoms. The summed E-state index contributed by atoms with van der Waals surface area (Å²) in [7, 11) is 1.93. The first kappa shape index (κ1) is 24.7. The van der Waals surface area contributed by atoms with E-state index >= 15 is 0 Å². The number of Topliss-reactive ketones (excluding diaryl/α,β-unsaturated/α-hetero) is 2. The van der Waals surface area contributed by atoms with Gasteiger partial charge in [0.1, 0.15) is 22.6 Å². The van der Waals surface area contributed by atoms with E-state index in [-0.39, 0.29) is 11.6 Å². The lowest BCUT2D eigenvalue weighted by molar-refractivity contribution is -0.117. The van der Waals surface area contributed by atoms with E-state index in [0.29, 0.717) is 23.3 Å². The van der Waals surface area contributed by atoms with Crippen molar-refractivity contribution in [2.75, 3.05) is 11.5 Å². The summed E-state index contributed by atoms with van der Waals surface area (Å²) in [5.74, 6) is 2.45. The van der Waals surface area contributed by atoms with Crippen molar-refractivity contribution in [3.05, 3.63) is 0 Å². The monoisotopic (exact) mass is 440 g/mol. The van der Waals surface area contributed by atoms with Crippen LogP contribution in [0.3, 0.4) is 0 Å². The van der Waals surface area contributed by atoms with Crippen molar-refractivity contribution in [2.24, 2.45) is 0 Å². The molecule has 2 fully saturated rings. The predicted octanol–water partition coefficient (Wildman–Crippen LogP) is 4.61. The van der Waals surface area contributed by atoms with Gasteiger partial charge in [-0.2, -0.15) is 0 Å². The molecule has 0 aliphatic carbocycles. The van der Waals surface area contributed by atoms with E-state index in [0.717, 1.165) is 62.9 Å². The molecule has 4 nitrogen and oxygen atoms in total. The summed E-state index contributed by atoms with van der Waals surface area (Å²) in [6.45, 7) is 3.27. The van der Waals surface area contributed by atoms with Gasteiger partial charge in [-0.15, -0.1) is 0 Å². The number of hydrogen-bond donors (Lipinski definition) is 0. The first-order valence-electron chi connectivity index (χ1n) is 9.46. The molecule has 4 atom stereocenters. The standard InChI is InChI=1S/2C9H16O2S2/c1-8(10)4-2-3-5-9-6-7-13(11)12-9;1-8(10)4-2-3-5-9-6-7-12-13(9)11/h2*9H,2-7H2,1H3. The molecule has 2 saturated heterocycles. The second kappa shape index (κ2) is 14.6. The molecule has 2 rings (SSSR count). The average Bonchev–Trinajstić information content (AvgIpc) is 3.17. The quantitative estimate of drug-likeness (QED) is 0.280. The van der Waals surface area contributed by atoms with Crippen molar-refractivity contribution in [3.8, 4) is 0 Å². The Morgan fingerprint density at radius 1 is 0.962 bits per heavy atom. The Kier molecular flexibility index (Phi) is 13.9. The number of hydrogen-bond acceptors (Lipinski definition) is 6. The van der Waals surface area contributed by atoms with Crippen LogP contribution >= 0.6 is 21.6 Å². The van der Waals surface area contributed by atoms with Crippen LogP contribution in [0.1, 0.15) is 78.1 Å². The lowest BCUT2D eigenvalue weighted by Crippen LogP contribution is -2.12. The van der Waals surface area contributed by atoms with Gasteiger partial charge in [-0.1, -0.05) is 6.42 Å². The number of ketones is 2. The van der Waals surface area contributed by atoms with Gasteiger partial charge >= 0.3 is 0 Å². The summed E-state index contributed by atoms with van der Waals surface area (Å²) >= 11 is 0. The van der Waals surface area contributed by atoms with Gasteiger partial charge in [0.05, 0.1) is 26.8 Å². The smallest absolute Gasteiger partial charge is 0.129 e. The minimum atomic E-state index is -0.643. The first-order chi connectivity index (χ1) is 12.4. The zero-order chi connectivity index (χ0) is 19.4. The molecule has 0 amide bonds. The van der Waals surface area contributed by atoms with Gasteiger partial charge in [-0.05, 0) is 46.0 Å². The molecule has 0 aromatic carbocycles. The lowest BCUT2D eigenvalue weighted by atomic mass is 10.1. The van der Waals surface area contributed by atoms with Crippen LogP contribution in [-0.4, -0.2) is 42.7 Å². The highest BCUT2D eigenvalue weighted by atomic mass is 33.1. The van der Waals surface area contributed by atoms with Gasteiger partial charge in [0.25, 0.3) is 0 Å². The van der Waals surface area contributed by atoms with Crippen LogP contribution in [0, 0.1) is 0 Å². The molecule has 0 aromatic heterocycles. The molecule has 2 aliphatic heterocycles. The fourth-order valence-electron chi connectivity index (χ4n) is 2.85. The van der Waals surface area contributed by atoms with E-state index in [1.807, 2.05) is 0 Å². The molecule has 4 unspecified atom stereocenters. The van der Waals surface area contributed by atoms with Crippen LogP contribution in [0.5, 0.6) is 0 Å². The average molecular weight is 441 g/mol. The fourth-order valence-corrected chi connectivity index (χ4v) is 9.92. The molecule has 2 heterocycles. The highest BCUT2D eigenvalue weighted by molar-refractivity contribution is 8.73. The highest BCUT2D eigenvalue weighted by Gasteiger charge is 2.30. The largest absolute Gasteiger partial charge is 0.605 e. The van der Waals surface area contributed by atoms with E-state index in [9.17, 15) is 18.7 Å². The highest BCUT2D eigenvalue weighted by Crippen LogP contribution is 2.34. The van der Waals surface area contributed by atoms with E-state index in [1.54, 1.807) is 35.4 Å². The number of carbonyl (C=O) groups is 2. The summed E-state index contributed by atoms with van der Waals surface area (Å²) in [6, 6.07) is 0. The minimum Gasteiger partial charge on any atom is -0.605 e. The number of rotatable bonds is 10. The summed E-state index contributed by atoms with van der Waals surface area (Å²) < 4.78 is 22.3. The van der Waals surface area contributed by atoms with E-state index in [2.05, 4.69) is 0 Å². The maximum atomic E-state index is 11.3. The maximum Gasteiger partial charge on any atom is 0.129 e. The molecule has 0 N–H and O–H groups in total.